The number of para-hydroxylation sites is 3. The summed E-state index contributed by atoms with van der Waals surface area (Å²) in [6, 6.07) is 64.4. The maximum absolute atomic E-state index is 6.85. The predicted molar refractivity (Wildman–Crippen MR) is 251 cm³/mol. The molecule has 1 aliphatic heterocycles. The molecule has 0 unspecified atom stereocenters. The summed E-state index contributed by atoms with van der Waals surface area (Å²) < 4.78 is 9.16. The maximum atomic E-state index is 6.85. The van der Waals surface area contributed by atoms with Crippen molar-refractivity contribution in [2.24, 2.45) is 23.7 Å². The molecule has 0 spiro atoms. The summed E-state index contributed by atoms with van der Waals surface area (Å²) in [4.78, 5) is 9.54. The van der Waals surface area contributed by atoms with E-state index < -0.39 is 0 Å². The number of ether oxygens (including phenoxy) is 1. The summed E-state index contributed by atoms with van der Waals surface area (Å²) in [5.74, 6) is 5.07. The Labute approximate surface area is 383 Å². The van der Waals surface area contributed by atoms with Gasteiger partial charge in [-0.3, -0.25) is 0 Å². The Bertz CT molecular complexity index is 3180. The molecule has 4 fully saturated rings. The SMILES string of the molecule is CN1[CH-]N(c2[c-]c(Oc3[c-]c4c(cc3)c3ccccc3n4-c3cc(C4(c5cccc6ccccc56)C5CC6CC(C5)CC4C6)ccn3)cc(-c3ccccc3)c2)c2ccccc21.[Pt]. The largest absolute Gasteiger partial charge is 0.509 e. The van der Waals surface area contributed by atoms with Crippen LogP contribution in [0.5, 0.6) is 11.5 Å². The smallest absolute Gasteiger partial charge is 0.135 e. The molecule has 0 saturated heterocycles. The summed E-state index contributed by atoms with van der Waals surface area (Å²) in [5.41, 5.74) is 10.2. The van der Waals surface area contributed by atoms with Gasteiger partial charge in [-0.2, -0.15) is 12.7 Å². The van der Waals surface area contributed by atoms with Crippen LogP contribution in [0.25, 0.3) is 49.5 Å². The minimum atomic E-state index is -0.0812. The number of benzene rings is 7. The van der Waals surface area contributed by atoms with Gasteiger partial charge in [0, 0.05) is 61.1 Å². The van der Waals surface area contributed by atoms with E-state index in [9.17, 15) is 0 Å². The van der Waals surface area contributed by atoms with Crippen LogP contribution in [0, 0.1) is 42.5 Å². The molecule has 5 aliphatic rings. The topological polar surface area (TPSA) is 33.5 Å². The molecule has 312 valence electrons. The number of hydrogen-bond donors (Lipinski definition) is 0. The molecule has 4 saturated carbocycles. The normalized spacial score (nSPS) is 22.2. The molecule has 3 heterocycles. The number of pyridine rings is 1. The van der Waals surface area contributed by atoms with Crippen LogP contribution in [0.2, 0.25) is 0 Å². The minimum absolute atomic E-state index is 0. The van der Waals surface area contributed by atoms with Gasteiger partial charge in [-0.25, -0.2) is 4.98 Å². The van der Waals surface area contributed by atoms with E-state index in [2.05, 4.69) is 198 Å². The molecule has 5 nitrogen and oxygen atoms in total. The standard InChI is InChI=1S/C57H45N4O.Pt/c1-59-36-60(54-21-10-9-20-53(54)59)45-31-41(39-12-3-2-4-13-39)32-47(34-45)62-46-22-23-50-49-17-7-8-19-52(49)61(55(50)35-46)56-33-42(24-25-58-56)57(43-27-37-26-38(29-43)30-44(57)28-37)51-18-11-15-40-14-5-6-16-48(40)51;/h2-25,31-33,36-38,43-44H,26-30H2,1H3;/q-3;. The van der Waals surface area contributed by atoms with Crippen LogP contribution in [-0.4, -0.2) is 16.6 Å². The van der Waals surface area contributed by atoms with E-state index in [0.717, 1.165) is 62.3 Å². The number of rotatable bonds is 7. The average molecular weight is 997 g/mol. The fraction of sp³-hybridized carbons (Fsp3) is 0.193. The van der Waals surface area contributed by atoms with E-state index in [1.54, 1.807) is 0 Å². The first-order valence-corrected chi connectivity index (χ1v) is 22.3. The summed E-state index contributed by atoms with van der Waals surface area (Å²) in [6.45, 7) is 2.11. The van der Waals surface area contributed by atoms with Crippen LogP contribution in [-0.2, 0) is 26.5 Å². The molecule has 4 aliphatic carbocycles. The van der Waals surface area contributed by atoms with Gasteiger partial charge in [-0.1, -0.05) is 109 Å². The van der Waals surface area contributed by atoms with Crippen LogP contribution >= 0.6 is 0 Å². The molecule has 63 heavy (non-hydrogen) atoms. The Morgan fingerprint density at radius 1 is 0.619 bits per heavy atom. The van der Waals surface area contributed by atoms with Crippen LogP contribution in [0.15, 0.2) is 164 Å². The van der Waals surface area contributed by atoms with E-state index in [1.807, 2.05) is 6.07 Å². The molecule has 4 bridgehead atoms. The Balaban J connectivity index is 0.00000421. The molecule has 0 N–H and O–H groups in total. The molecule has 9 aromatic rings. The van der Waals surface area contributed by atoms with Crippen LogP contribution in [0.3, 0.4) is 0 Å². The second kappa shape index (κ2) is 15.0. The third-order valence-electron chi connectivity index (χ3n) is 14.9. The summed E-state index contributed by atoms with van der Waals surface area (Å²) in [7, 11) is 2.08. The van der Waals surface area contributed by atoms with Crippen molar-refractivity contribution in [3.63, 3.8) is 0 Å². The number of nitrogens with zero attached hydrogens (tertiary/aromatic N) is 4. The Kier molecular flexibility index (Phi) is 9.16. The minimum Gasteiger partial charge on any atom is -0.509 e. The average Bonchev–Trinajstić information content (AvgIpc) is 3.83. The van der Waals surface area contributed by atoms with Crippen molar-refractivity contribution in [2.45, 2.75) is 37.5 Å². The van der Waals surface area contributed by atoms with Gasteiger partial charge in [0.25, 0.3) is 0 Å². The Morgan fingerprint density at radius 3 is 2.16 bits per heavy atom. The molecule has 7 aromatic carbocycles. The van der Waals surface area contributed by atoms with Crippen molar-refractivity contribution < 1.29 is 25.8 Å². The third-order valence-corrected chi connectivity index (χ3v) is 14.9. The molecule has 0 atom stereocenters. The zero-order chi connectivity index (χ0) is 40.9. The monoisotopic (exact) mass is 996 g/mol. The molecule has 0 radical (unpaired) electrons. The third kappa shape index (κ3) is 6.03. The van der Waals surface area contributed by atoms with Crippen LogP contribution < -0.4 is 14.5 Å². The molecule has 0 amide bonds. The Hall–Kier alpha value is -6.16. The molecule has 14 rings (SSSR count). The van der Waals surface area contributed by atoms with Crippen molar-refractivity contribution >= 4 is 49.6 Å². The van der Waals surface area contributed by atoms with E-state index in [1.165, 1.54) is 59.4 Å². The van der Waals surface area contributed by atoms with Gasteiger partial charge in [0.1, 0.15) is 5.82 Å². The Morgan fingerprint density at radius 2 is 1.33 bits per heavy atom. The second-order valence-electron chi connectivity index (χ2n) is 18.2. The van der Waals surface area contributed by atoms with E-state index in [-0.39, 0.29) is 26.5 Å². The summed E-state index contributed by atoms with van der Waals surface area (Å²) >= 11 is 0. The van der Waals surface area contributed by atoms with Crippen LogP contribution in [0.1, 0.15) is 43.2 Å². The van der Waals surface area contributed by atoms with Gasteiger partial charge in [-0.15, -0.1) is 47.0 Å². The zero-order valence-corrected chi connectivity index (χ0v) is 37.3. The number of fused-ring (bicyclic) bond motifs is 5. The summed E-state index contributed by atoms with van der Waals surface area (Å²) in [5, 5.41) is 5.00. The van der Waals surface area contributed by atoms with Crippen molar-refractivity contribution in [3.05, 3.63) is 194 Å². The van der Waals surface area contributed by atoms with Crippen molar-refractivity contribution in [1.29, 1.82) is 0 Å². The van der Waals surface area contributed by atoms with Gasteiger partial charge in [0.15, 0.2) is 0 Å². The zero-order valence-electron chi connectivity index (χ0n) is 35.0. The summed E-state index contributed by atoms with van der Waals surface area (Å²) in [6.07, 6.45) is 8.71. The first-order valence-electron chi connectivity index (χ1n) is 22.3. The van der Waals surface area contributed by atoms with Gasteiger partial charge in [0.2, 0.25) is 0 Å². The number of hydrogen-bond acceptors (Lipinski definition) is 4. The second-order valence-corrected chi connectivity index (χ2v) is 18.2. The van der Waals surface area contributed by atoms with Crippen molar-refractivity contribution in [3.8, 4) is 28.4 Å². The number of aromatic nitrogens is 2. The van der Waals surface area contributed by atoms with Crippen molar-refractivity contribution in [1.82, 2.24) is 9.55 Å². The molecule has 6 heteroatoms. The van der Waals surface area contributed by atoms with Gasteiger partial charge < -0.3 is 19.1 Å². The predicted octanol–water partition coefficient (Wildman–Crippen LogP) is 13.8. The van der Waals surface area contributed by atoms with Crippen LogP contribution in [0.4, 0.5) is 17.1 Å². The van der Waals surface area contributed by atoms with E-state index >= 15 is 0 Å². The van der Waals surface area contributed by atoms with Crippen molar-refractivity contribution in [2.75, 3.05) is 16.8 Å². The molecular formula is C57H45N4OPt-3. The quantitative estimate of drug-likeness (QED) is 0.149. The maximum Gasteiger partial charge on any atom is 0.135 e. The number of anilines is 3. The van der Waals surface area contributed by atoms with Gasteiger partial charge >= 0.3 is 0 Å². The molecule has 2 aromatic heterocycles. The van der Waals surface area contributed by atoms with E-state index in [4.69, 9.17) is 9.72 Å². The van der Waals surface area contributed by atoms with Gasteiger partial charge in [-0.05, 0) is 126 Å². The molecular weight excluding hydrogens is 952 g/mol. The first-order chi connectivity index (χ1) is 30.6. The fourth-order valence-corrected chi connectivity index (χ4v) is 12.6. The first kappa shape index (κ1) is 38.5. The fourth-order valence-electron chi connectivity index (χ4n) is 12.6. The van der Waals surface area contributed by atoms with Gasteiger partial charge in [0.05, 0.1) is 0 Å². The van der Waals surface area contributed by atoms with E-state index in [0.29, 0.717) is 23.3 Å².